The van der Waals surface area contributed by atoms with Crippen molar-refractivity contribution in [3.05, 3.63) is 107 Å². The minimum Gasteiger partial charge on any atom is -0.497 e. The van der Waals surface area contributed by atoms with Gasteiger partial charge in [-0.15, -0.1) is 0 Å². The van der Waals surface area contributed by atoms with Crippen LogP contribution in [0, 0.1) is 25.5 Å². The Bertz CT molecular complexity index is 2250. The summed E-state index contributed by atoms with van der Waals surface area (Å²) in [4.78, 5) is 24.6. The number of ether oxygens (including phenoxy) is 2. The van der Waals surface area contributed by atoms with E-state index in [-0.39, 0.29) is 28.0 Å². The third kappa shape index (κ3) is 5.59. The Hall–Kier alpha value is -5.83. The first-order chi connectivity index (χ1) is 21.9. The Morgan fingerprint density at radius 2 is 1.76 bits per heavy atom. The summed E-state index contributed by atoms with van der Waals surface area (Å²) in [6.07, 6.45) is 4.00. The monoisotopic (exact) mass is 645 g/mol. The number of pyridine rings is 2. The van der Waals surface area contributed by atoms with Gasteiger partial charge in [-0.3, -0.25) is 9.52 Å². The summed E-state index contributed by atoms with van der Waals surface area (Å²) in [6, 6.07) is 12.6. The highest BCUT2D eigenvalue weighted by molar-refractivity contribution is 7.92. The van der Waals surface area contributed by atoms with Crippen LogP contribution in [0.4, 0.5) is 20.3 Å². The van der Waals surface area contributed by atoms with Crippen LogP contribution in [-0.4, -0.2) is 46.0 Å². The molecule has 0 saturated carbocycles. The van der Waals surface area contributed by atoms with E-state index in [1.54, 1.807) is 32.0 Å². The molecule has 2 aromatic carbocycles. The number of hydrogen-bond acceptors (Lipinski definition) is 9. The molecule has 15 heteroatoms. The third-order valence-electron chi connectivity index (χ3n) is 7.13. The molecule has 0 atom stereocenters. The molecule has 0 saturated heterocycles. The molecule has 234 valence electrons. The number of aromatic nitrogens is 5. The first-order valence-corrected chi connectivity index (χ1v) is 15.1. The fraction of sp³-hybridized carbons (Fsp3) is 0.0968. The Morgan fingerprint density at radius 1 is 1.00 bits per heavy atom. The molecule has 4 heterocycles. The van der Waals surface area contributed by atoms with Gasteiger partial charge in [-0.25, -0.2) is 23.4 Å². The van der Waals surface area contributed by atoms with Gasteiger partial charge in [-0.2, -0.15) is 13.5 Å². The van der Waals surface area contributed by atoms with Crippen LogP contribution in [-0.2, 0) is 10.0 Å². The predicted octanol–water partition coefficient (Wildman–Crippen LogP) is 5.45. The van der Waals surface area contributed by atoms with E-state index in [9.17, 15) is 22.0 Å². The summed E-state index contributed by atoms with van der Waals surface area (Å²) >= 11 is 0. The number of H-pyrrole nitrogens is 1. The fourth-order valence-corrected chi connectivity index (χ4v) is 5.83. The number of nitrogen functional groups attached to an aromatic ring is 1. The fourth-order valence-electron chi connectivity index (χ4n) is 4.74. The lowest BCUT2D eigenvalue weighted by molar-refractivity contribution is 0.103. The first kappa shape index (κ1) is 30.2. The van der Waals surface area contributed by atoms with Crippen molar-refractivity contribution >= 4 is 38.2 Å². The minimum atomic E-state index is -4.04. The molecule has 4 aromatic heterocycles. The highest BCUT2D eigenvalue weighted by Gasteiger charge is 2.23. The summed E-state index contributed by atoms with van der Waals surface area (Å²) in [7, 11) is -2.62. The topological polar surface area (TPSA) is 167 Å². The maximum absolute atomic E-state index is 14.0. The van der Waals surface area contributed by atoms with E-state index in [1.165, 1.54) is 54.6 Å². The third-order valence-corrected chi connectivity index (χ3v) is 8.40. The van der Waals surface area contributed by atoms with Gasteiger partial charge in [-0.05, 0) is 61.4 Å². The lowest BCUT2D eigenvalue weighted by Gasteiger charge is -2.11. The molecule has 12 nitrogen and oxygen atoms in total. The number of hydrogen-bond donors (Lipinski definition) is 3. The van der Waals surface area contributed by atoms with Crippen molar-refractivity contribution in [2.75, 3.05) is 17.6 Å². The molecular weight excluding hydrogens is 620 g/mol. The number of aryl methyl sites for hydroxylation is 2. The number of carbonyl (C=O) groups is 1. The average Bonchev–Trinajstić information content (AvgIpc) is 3.61. The second kappa shape index (κ2) is 11.6. The number of benzene rings is 2. The van der Waals surface area contributed by atoms with Crippen LogP contribution >= 0.6 is 0 Å². The number of nitrogens with zero attached hydrogens (tertiary/aromatic N) is 4. The van der Waals surface area contributed by atoms with Gasteiger partial charge < -0.3 is 20.2 Å². The molecule has 0 amide bonds. The molecular formula is C31H25F2N7O5S. The number of nitrogens with one attached hydrogen (secondary N) is 2. The van der Waals surface area contributed by atoms with Crippen LogP contribution in [0.3, 0.4) is 0 Å². The van der Waals surface area contributed by atoms with E-state index in [0.29, 0.717) is 39.2 Å². The maximum atomic E-state index is 14.0. The van der Waals surface area contributed by atoms with E-state index in [4.69, 9.17) is 15.2 Å². The van der Waals surface area contributed by atoms with Crippen LogP contribution in [0.2, 0.25) is 0 Å². The van der Waals surface area contributed by atoms with Crippen molar-refractivity contribution in [2.45, 2.75) is 18.9 Å². The Labute approximate surface area is 260 Å². The van der Waals surface area contributed by atoms with E-state index in [2.05, 4.69) is 24.8 Å². The van der Waals surface area contributed by atoms with Gasteiger partial charge in [0.25, 0.3) is 10.0 Å². The summed E-state index contributed by atoms with van der Waals surface area (Å²) in [5, 5.41) is 4.71. The smallest absolute Gasteiger partial charge is 0.279 e. The van der Waals surface area contributed by atoms with Crippen molar-refractivity contribution in [2.24, 2.45) is 0 Å². The largest absolute Gasteiger partial charge is 0.497 e. The molecule has 4 N–H and O–H groups in total. The predicted molar refractivity (Wildman–Crippen MR) is 165 cm³/mol. The zero-order valence-electron chi connectivity index (χ0n) is 24.5. The number of nitrogens with two attached hydrogens (primary N) is 1. The molecule has 0 radical (unpaired) electrons. The molecule has 0 bridgehead atoms. The molecule has 0 aliphatic carbocycles. The number of carbonyl (C=O) groups excluding carboxylic acids is 1. The molecule has 0 aliphatic heterocycles. The van der Waals surface area contributed by atoms with Crippen LogP contribution in [0.25, 0.3) is 16.6 Å². The summed E-state index contributed by atoms with van der Waals surface area (Å²) in [5.74, 6) is -2.48. The summed E-state index contributed by atoms with van der Waals surface area (Å²) < 4.78 is 68.3. The van der Waals surface area contributed by atoms with Gasteiger partial charge in [-0.1, -0.05) is 6.07 Å². The number of aromatic amines is 1. The molecule has 0 unspecified atom stereocenters. The van der Waals surface area contributed by atoms with Crippen molar-refractivity contribution in [3.63, 3.8) is 0 Å². The number of halogens is 2. The molecule has 6 aromatic rings. The van der Waals surface area contributed by atoms with Gasteiger partial charge in [0.05, 0.1) is 42.1 Å². The Morgan fingerprint density at radius 3 is 2.48 bits per heavy atom. The number of fused-ring (bicyclic) bond motifs is 1. The molecule has 0 fully saturated rings. The number of anilines is 2. The Kier molecular flexibility index (Phi) is 7.61. The first-order valence-electron chi connectivity index (χ1n) is 13.6. The molecule has 6 rings (SSSR count). The number of methoxy groups -OCH3 is 1. The second-order valence-electron chi connectivity index (χ2n) is 10.2. The summed E-state index contributed by atoms with van der Waals surface area (Å²) in [6.45, 7) is 3.42. The van der Waals surface area contributed by atoms with Crippen molar-refractivity contribution in [3.8, 4) is 23.1 Å². The number of para-hydroxylation sites is 1. The van der Waals surface area contributed by atoms with Gasteiger partial charge in [0, 0.05) is 29.2 Å². The van der Waals surface area contributed by atoms with Crippen LogP contribution in [0.15, 0.2) is 78.2 Å². The highest BCUT2D eigenvalue weighted by Crippen LogP contribution is 2.31. The average molecular weight is 646 g/mol. The van der Waals surface area contributed by atoms with Crippen molar-refractivity contribution in [1.82, 2.24) is 24.7 Å². The van der Waals surface area contributed by atoms with E-state index < -0.39 is 33.2 Å². The van der Waals surface area contributed by atoms with Gasteiger partial charge in [0.15, 0.2) is 16.7 Å². The number of ketones is 1. The molecule has 0 spiro atoms. The normalized spacial score (nSPS) is 11.5. The molecule has 0 aliphatic rings. The quantitative estimate of drug-likeness (QED) is 0.173. The Balaban J connectivity index is 1.25. The minimum absolute atomic E-state index is 0.0257. The lowest BCUT2D eigenvalue weighted by atomic mass is 10.1. The van der Waals surface area contributed by atoms with Crippen LogP contribution < -0.4 is 19.9 Å². The van der Waals surface area contributed by atoms with Gasteiger partial charge in [0.2, 0.25) is 17.4 Å². The molecule has 46 heavy (non-hydrogen) atoms. The van der Waals surface area contributed by atoms with Crippen molar-refractivity contribution < 1.29 is 31.5 Å². The van der Waals surface area contributed by atoms with Gasteiger partial charge in [0.1, 0.15) is 11.6 Å². The lowest BCUT2D eigenvalue weighted by Crippen LogP contribution is -2.15. The zero-order valence-corrected chi connectivity index (χ0v) is 25.3. The highest BCUT2D eigenvalue weighted by atomic mass is 32.2. The van der Waals surface area contributed by atoms with Crippen LogP contribution in [0.5, 0.6) is 17.4 Å². The van der Waals surface area contributed by atoms with E-state index in [1.807, 2.05) is 0 Å². The maximum Gasteiger partial charge on any atom is 0.279 e. The van der Waals surface area contributed by atoms with Gasteiger partial charge >= 0.3 is 0 Å². The van der Waals surface area contributed by atoms with E-state index >= 15 is 0 Å². The summed E-state index contributed by atoms with van der Waals surface area (Å²) in [5.41, 5.74) is 9.00. The second-order valence-corrected chi connectivity index (χ2v) is 11.9. The number of sulfonamides is 1. The zero-order chi connectivity index (χ0) is 32.7. The standard InChI is InChI=1S/C31H25F2N7O5S/c1-16-9-18-11-25(38-24(18)13-23(16)39-46(42,43)28-12-19(44-3)7-8-35-28)29(41)20-14-37-40(31(20)34)26-15-36-27(10-17(26)2)45-30-21(32)5-4-6-22(30)33/h4-15,38-39H,34H2,1-3H3. The van der Waals surface area contributed by atoms with Crippen molar-refractivity contribution in [1.29, 1.82) is 0 Å². The van der Waals surface area contributed by atoms with E-state index in [0.717, 1.165) is 12.1 Å². The SMILES string of the molecule is COc1ccnc(S(=O)(=O)Nc2cc3[nH]c(C(=O)c4cnn(-c5cnc(Oc6c(F)cccc6F)cc5C)c4N)cc3cc2C)c1. The number of rotatable bonds is 9. The van der Waals surface area contributed by atoms with Crippen LogP contribution in [0.1, 0.15) is 27.2 Å².